The van der Waals surface area contributed by atoms with Gasteiger partial charge in [0.2, 0.25) is 0 Å². The summed E-state index contributed by atoms with van der Waals surface area (Å²) >= 11 is 0. The Bertz CT molecular complexity index is 477. The fourth-order valence-corrected chi connectivity index (χ4v) is 2.62. The molecule has 3 heteroatoms. The van der Waals surface area contributed by atoms with Gasteiger partial charge in [-0.1, -0.05) is 13.8 Å². The molecule has 0 saturated heterocycles. The van der Waals surface area contributed by atoms with Crippen molar-refractivity contribution in [2.75, 3.05) is 0 Å². The van der Waals surface area contributed by atoms with E-state index in [0.717, 1.165) is 11.1 Å². The SMILES string of the molecule is Cc1cc(F)c(F)cc1C1CC(=O)C(C)(C)C1. The van der Waals surface area contributed by atoms with Gasteiger partial charge >= 0.3 is 0 Å². The van der Waals surface area contributed by atoms with Crippen LogP contribution in [0.3, 0.4) is 0 Å². The molecular formula is C14H16F2O. The van der Waals surface area contributed by atoms with Gasteiger partial charge in [0.25, 0.3) is 0 Å². The van der Waals surface area contributed by atoms with E-state index < -0.39 is 11.6 Å². The van der Waals surface area contributed by atoms with E-state index in [9.17, 15) is 13.6 Å². The van der Waals surface area contributed by atoms with Crippen molar-refractivity contribution < 1.29 is 13.6 Å². The van der Waals surface area contributed by atoms with E-state index in [1.54, 1.807) is 6.92 Å². The summed E-state index contributed by atoms with van der Waals surface area (Å²) in [5.74, 6) is -1.43. The lowest BCUT2D eigenvalue weighted by Crippen LogP contribution is -2.15. The fraction of sp³-hybridized carbons (Fsp3) is 0.500. The van der Waals surface area contributed by atoms with Gasteiger partial charge in [-0.2, -0.15) is 0 Å². The van der Waals surface area contributed by atoms with Crippen LogP contribution in [0.5, 0.6) is 0 Å². The largest absolute Gasteiger partial charge is 0.299 e. The van der Waals surface area contributed by atoms with E-state index in [0.29, 0.717) is 12.8 Å². The minimum absolute atomic E-state index is 0.0209. The van der Waals surface area contributed by atoms with Crippen molar-refractivity contribution >= 4 is 5.78 Å². The molecule has 2 rings (SSSR count). The van der Waals surface area contributed by atoms with Crippen LogP contribution in [-0.4, -0.2) is 5.78 Å². The van der Waals surface area contributed by atoms with Crippen LogP contribution >= 0.6 is 0 Å². The number of hydrogen-bond acceptors (Lipinski definition) is 1. The normalized spacial score (nSPS) is 23.1. The number of Topliss-reactive ketones (excluding diaryl/α,β-unsaturated/α-hetero) is 1. The predicted octanol–water partition coefficient (Wildman–Crippen LogP) is 3.75. The molecule has 0 heterocycles. The molecule has 92 valence electrons. The van der Waals surface area contributed by atoms with Crippen LogP contribution in [0.2, 0.25) is 0 Å². The molecule has 0 spiro atoms. The molecule has 1 nitrogen and oxygen atoms in total. The summed E-state index contributed by atoms with van der Waals surface area (Å²) in [6.45, 7) is 5.57. The Balaban J connectivity index is 2.37. The molecule has 1 saturated carbocycles. The number of carbonyl (C=O) groups is 1. The van der Waals surface area contributed by atoms with Crippen molar-refractivity contribution in [2.45, 2.75) is 39.5 Å². The van der Waals surface area contributed by atoms with Crippen LogP contribution in [0.15, 0.2) is 12.1 Å². The number of carbonyl (C=O) groups excluding carboxylic acids is 1. The molecule has 1 unspecified atom stereocenters. The van der Waals surface area contributed by atoms with Crippen molar-refractivity contribution in [2.24, 2.45) is 5.41 Å². The summed E-state index contributed by atoms with van der Waals surface area (Å²) in [4.78, 5) is 11.8. The zero-order valence-corrected chi connectivity index (χ0v) is 10.3. The Kier molecular flexibility index (Phi) is 2.80. The van der Waals surface area contributed by atoms with Crippen LogP contribution in [-0.2, 0) is 4.79 Å². The molecular weight excluding hydrogens is 222 g/mol. The third kappa shape index (κ3) is 2.11. The van der Waals surface area contributed by atoms with Crippen LogP contribution in [0.25, 0.3) is 0 Å². The van der Waals surface area contributed by atoms with Crippen molar-refractivity contribution in [3.63, 3.8) is 0 Å². The zero-order chi connectivity index (χ0) is 12.8. The van der Waals surface area contributed by atoms with Gasteiger partial charge in [-0.3, -0.25) is 4.79 Å². The van der Waals surface area contributed by atoms with Gasteiger partial charge in [0, 0.05) is 11.8 Å². The van der Waals surface area contributed by atoms with Crippen molar-refractivity contribution in [3.8, 4) is 0 Å². The van der Waals surface area contributed by atoms with E-state index >= 15 is 0 Å². The first-order valence-corrected chi connectivity index (χ1v) is 5.80. The molecule has 1 aromatic rings. The summed E-state index contributed by atoms with van der Waals surface area (Å²) in [6.07, 6.45) is 1.14. The molecule has 0 radical (unpaired) electrons. The summed E-state index contributed by atoms with van der Waals surface area (Å²) < 4.78 is 26.3. The number of ketones is 1. The molecule has 17 heavy (non-hydrogen) atoms. The number of hydrogen-bond donors (Lipinski definition) is 0. The number of benzene rings is 1. The number of halogens is 2. The molecule has 0 bridgehead atoms. The van der Waals surface area contributed by atoms with Crippen LogP contribution in [0.1, 0.15) is 43.7 Å². The Labute approximate surface area is 99.8 Å². The molecule has 0 N–H and O–H groups in total. The fourth-order valence-electron chi connectivity index (χ4n) is 2.62. The van der Waals surface area contributed by atoms with Gasteiger partial charge in [0.05, 0.1) is 0 Å². The second kappa shape index (κ2) is 3.90. The van der Waals surface area contributed by atoms with Crippen molar-refractivity contribution in [1.29, 1.82) is 0 Å². The average Bonchev–Trinajstić information content (AvgIpc) is 2.47. The summed E-state index contributed by atoms with van der Waals surface area (Å²) in [6, 6.07) is 2.45. The maximum absolute atomic E-state index is 13.2. The van der Waals surface area contributed by atoms with E-state index in [2.05, 4.69) is 0 Å². The quantitative estimate of drug-likeness (QED) is 0.728. The highest BCUT2D eigenvalue weighted by Gasteiger charge is 2.40. The van der Waals surface area contributed by atoms with E-state index in [1.807, 2.05) is 13.8 Å². The van der Waals surface area contributed by atoms with Crippen molar-refractivity contribution in [1.82, 2.24) is 0 Å². The standard InChI is InChI=1S/C14H16F2O/c1-8-4-11(15)12(16)6-10(8)9-5-13(17)14(2,3)7-9/h4,6,9H,5,7H2,1-3H3. The highest BCUT2D eigenvalue weighted by molar-refractivity contribution is 5.87. The predicted molar refractivity (Wildman–Crippen MR) is 61.9 cm³/mol. The molecule has 1 aliphatic rings. The van der Waals surface area contributed by atoms with Crippen molar-refractivity contribution in [3.05, 3.63) is 34.9 Å². The summed E-state index contributed by atoms with van der Waals surface area (Å²) in [7, 11) is 0. The molecule has 1 aliphatic carbocycles. The minimum Gasteiger partial charge on any atom is -0.299 e. The Morgan fingerprint density at radius 2 is 1.82 bits per heavy atom. The molecule has 0 aliphatic heterocycles. The topological polar surface area (TPSA) is 17.1 Å². The second-order valence-corrected chi connectivity index (χ2v) is 5.54. The Morgan fingerprint density at radius 1 is 1.24 bits per heavy atom. The van der Waals surface area contributed by atoms with Crippen LogP contribution in [0, 0.1) is 24.0 Å². The average molecular weight is 238 g/mol. The zero-order valence-electron chi connectivity index (χ0n) is 10.3. The summed E-state index contributed by atoms with van der Waals surface area (Å²) in [5.41, 5.74) is 1.14. The van der Waals surface area contributed by atoms with Gasteiger partial charge in [-0.05, 0) is 42.5 Å². The lowest BCUT2D eigenvalue weighted by Gasteiger charge is -2.17. The molecule has 0 amide bonds. The third-order valence-electron chi connectivity index (χ3n) is 3.69. The van der Waals surface area contributed by atoms with Gasteiger partial charge in [0.1, 0.15) is 5.78 Å². The first-order valence-electron chi connectivity index (χ1n) is 5.80. The van der Waals surface area contributed by atoms with E-state index in [1.165, 1.54) is 12.1 Å². The maximum Gasteiger partial charge on any atom is 0.159 e. The first kappa shape index (κ1) is 12.2. The lowest BCUT2D eigenvalue weighted by atomic mass is 9.87. The third-order valence-corrected chi connectivity index (χ3v) is 3.69. The Hall–Kier alpha value is -1.25. The molecule has 0 aromatic heterocycles. The van der Waals surface area contributed by atoms with Crippen LogP contribution < -0.4 is 0 Å². The monoisotopic (exact) mass is 238 g/mol. The van der Waals surface area contributed by atoms with Gasteiger partial charge < -0.3 is 0 Å². The van der Waals surface area contributed by atoms with Gasteiger partial charge in [-0.15, -0.1) is 0 Å². The van der Waals surface area contributed by atoms with Gasteiger partial charge in [-0.25, -0.2) is 8.78 Å². The highest BCUT2D eigenvalue weighted by atomic mass is 19.2. The van der Waals surface area contributed by atoms with Crippen LogP contribution in [0.4, 0.5) is 8.78 Å². The maximum atomic E-state index is 13.2. The molecule has 1 aromatic carbocycles. The first-order chi connectivity index (χ1) is 7.81. The number of rotatable bonds is 1. The number of aryl methyl sites for hydroxylation is 1. The van der Waals surface area contributed by atoms with Gasteiger partial charge in [0.15, 0.2) is 11.6 Å². The van der Waals surface area contributed by atoms with E-state index in [4.69, 9.17) is 0 Å². The molecule has 1 fully saturated rings. The summed E-state index contributed by atoms with van der Waals surface area (Å²) in [5, 5.41) is 0. The minimum atomic E-state index is -0.831. The smallest absolute Gasteiger partial charge is 0.159 e. The second-order valence-electron chi connectivity index (χ2n) is 5.54. The highest BCUT2D eigenvalue weighted by Crippen LogP contribution is 2.44. The lowest BCUT2D eigenvalue weighted by molar-refractivity contribution is -0.124. The van der Waals surface area contributed by atoms with E-state index in [-0.39, 0.29) is 17.1 Å². The molecule has 1 atom stereocenters. The Morgan fingerprint density at radius 3 is 2.35 bits per heavy atom.